The molecule has 0 spiro atoms. The van der Waals surface area contributed by atoms with Crippen LogP contribution in [0.4, 0.5) is 0 Å². The second-order valence-corrected chi connectivity index (χ2v) is 6.99. The van der Waals surface area contributed by atoms with Crippen molar-refractivity contribution in [2.75, 3.05) is 6.54 Å². The molecular weight excluding hydrogens is 326 g/mol. The summed E-state index contributed by atoms with van der Waals surface area (Å²) in [6.45, 7) is 3.13. The molecule has 0 aromatic heterocycles. The highest BCUT2D eigenvalue weighted by Crippen LogP contribution is 2.29. The molecule has 1 aromatic rings. The largest absolute Gasteiger partial charge is 0.507 e. The van der Waals surface area contributed by atoms with E-state index in [0.29, 0.717) is 17.2 Å². The fourth-order valence-corrected chi connectivity index (χ4v) is 2.79. The Labute approximate surface area is 160 Å². The first-order valence-corrected chi connectivity index (χ1v) is 10.0. The molecule has 2 saturated carbocycles. The summed E-state index contributed by atoms with van der Waals surface area (Å²) >= 11 is 0. The van der Waals surface area contributed by atoms with Crippen LogP contribution in [0.25, 0.3) is 0 Å². The van der Waals surface area contributed by atoms with Gasteiger partial charge in [0.15, 0.2) is 0 Å². The Bertz CT molecular complexity index is 471. The molecule has 2 aliphatic carbocycles. The number of rotatable bonds is 6. The van der Waals surface area contributed by atoms with Gasteiger partial charge in [-0.15, -0.1) is 0 Å². The zero-order chi connectivity index (χ0) is 18.3. The van der Waals surface area contributed by atoms with Crippen molar-refractivity contribution in [2.45, 2.75) is 77.6 Å². The summed E-state index contributed by atoms with van der Waals surface area (Å²) in [6.07, 6.45) is 14.2. The fraction of sp³-hybridized carbons (Fsp3) is 0.667. The molecule has 0 unspecified atom stereocenters. The molecule has 152 valence electrons. The molecule has 2 aliphatic rings. The van der Waals surface area contributed by atoms with Gasteiger partial charge in [0, 0.05) is 25.2 Å². The predicted octanol–water partition coefficient (Wildman–Crippen LogP) is 4.57. The Morgan fingerprint density at radius 3 is 2.19 bits per heavy atom. The second kappa shape index (κ2) is 15.8. The van der Waals surface area contributed by atoms with E-state index in [2.05, 4.69) is 12.3 Å². The molecular formula is C21H41N3O2. The summed E-state index contributed by atoms with van der Waals surface area (Å²) in [5, 5.41) is 17.8. The van der Waals surface area contributed by atoms with Crippen LogP contribution in [-0.2, 0) is 0 Å². The number of nitrogens with two attached hydrogens (primary N) is 1. The van der Waals surface area contributed by atoms with Crippen molar-refractivity contribution in [3.05, 3.63) is 29.8 Å². The molecule has 0 aliphatic heterocycles. The van der Waals surface area contributed by atoms with Crippen LogP contribution in [0.2, 0.25) is 0 Å². The molecule has 1 aromatic carbocycles. The SMILES string of the molecule is C1CC1.CCCCCNN.N=C(c1ccccc1O)C1CCCCC1.O.[HH]. The number of unbranched alkanes of at least 4 members (excludes halogenated alkanes) is 2. The van der Waals surface area contributed by atoms with Crippen LogP contribution < -0.4 is 11.3 Å². The van der Waals surface area contributed by atoms with E-state index in [-0.39, 0.29) is 12.7 Å². The summed E-state index contributed by atoms with van der Waals surface area (Å²) in [4.78, 5) is 0. The molecule has 26 heavy (non-hydrogen) atoms. The molecule has 5 heteroatoms. The zero-order valence-electron chi connectivity index (χ0n) is 16.4. The average molecular weight is 368 g/mol. The highest BCUT2D eigenvalue weighted by molar-refractivity contribution is 6.02. The molecule has 2 fully saturated rings. The Hall–Kier alpha value is -1.43. The minimum absolute atomic E-state index is 0. The van der Waals surface area contributed by atoms with Gasteiger partial charge in [0.25, 0.3) is 0 Å². The smallest absolute Gasteiger partial charge is 0.124 e. The monoisotopic (exact) mass is 367 g/mol. The van der Waals surface area contributed by atoms with Crippen LogP contribution in [0.1, 0.15) is 84.5 Å². The van der Waals surface area contributed by atoms with E-state index in [0.717, 1.165) is 19.4 Å². The molecule has 7 N–H and O–H groups in total. The number of benzene rings is 1. The van der Waals surface area contributed by atoms with Crippen LogP contribution >= 0.6 is 0 Å². The van der Waals surface area contributed by atoms with E-state index in [1.165, 1.54) is 57.8 Å². The normalized spacial score (nSPS) is 15.5. The Balaban J connectivity index is 0. The maximum Gasteiger partial charge on any atom is 0.124 e. The Morgan fingerprint density at radius 1 is 1.12 bits per heavy atom. The van der Waals surface area contributed by atoms with Crippen molar-refractivity contribution in [3.63, 3.8) is 0 Å². The van der Waals surface area contributed by atoms with Gasteiger partial charge in [-0.2, -0.15) is 0 Å². The van der Waals surface area contributed by atoms with Gasteiger partial charge in [0.2, 0.25) is 0 Å². The van der Waals surface area contributed by atoms with Gasteiger partial charge in [-0.3, -0.25) is 11.3 Å². The Kier molecular flexibility index (Phi) is 14.9. The van der Waals surface area contributed by atoms with E-state index >= 15 is 0 Å². The third kappa shape index (κ3) is 11.2. The van der Waals surface area contributed by atoms with Gasteiger partial charge in [-0.05, 0) is 31.4 Å². The van der Waals surface area contributed by atoms with Gasteiger partial charge in [0.05, 0.1) is 0 Å². The first-order valence-electron chi connectivity index (χ1n) is 10.0. The Morgan fingerprint density at radius 2 is 1.69 bits per heavy atom. The van der Waals surface area contributed by atoms with Crippen LogP contribution in [-0.4, -0.2) is 22.8 Å². The predicted molar refractivity (Wildman–Crippen MR) is 113 cm³/mol. The van der Waals surface area contributed by atoms with Crippen molar-refractivity contribution in [1.82, 2.24) is 5.43 Å². The van der Waals surface area contributed by atoms with Crippen molar-refractivity contribution in [1.29, 1.82) is 5.41 Å². The minimum Gasteiger partial charge on any atom is -0.507 e. The molecule has 5 nitrogen and oxygen atoms in total. The molecule has 0 bridgehead atoms. The number of para-hydroxylation sites is 1. The van der Waals surface area contributed by atoms with E-state index in [1.807, 2.05) is 12.1 Å². The number of nitrogens with one attached hydrogen (secondary N) is 2. The molecule has 0 heterocycles. The lowest BCUT2D eigenvalue weighted by atomic mass is 9.83. The number of hydrogen-bond acceptors (Lipinski definition) is 4. The van der Waals surface area contributed by atoms with E-state index in [9.17, 15) is 5.11 Å². The number of hydrogen-bond donors (Lipinski definition) is 4. The highest BCUT2D eigenvalue weighted by Gasteiger charge is 2.20. The third-order valence-corrected chi connectivity index (χ3v) is 4.49. The number of phenols is 1. The topological polar surface area (TPSA) is 114 Å². The van der Waals surface area contributed by atoms with Crippen LogP contribution in [0.5, 0.6) is 5.75 Å². The lowest BCUT2D eigenvalue weighted by Crippen LogP contribution is -2.22. The van der Waals surface area contributed by atoms with E-state index in [4.69, 9.17) is 11.3 Å². The van der Waals surface area contributed by atoms with Crippen molar-refractivity contribution in [2.24, 2.45) is 11.8 Å². The van der Waals surface area contributed by atoms with Crippen LogP contribution in [0.3, 0.4) is 0 Å². The lowest BCUT2D eigenvalue weighted by Gasteiger charge is -2.22. The maximum absolute atomic E-state index is 9.67. The second-order valence-electron chi connectivity index (χ2n) is 6.99. The third-order valence-electron chi connectivity index (χ3n) is 4.49. The highest BCUT2D eigenvalue weighted by atomic mass is 16.3. The van der Waals surface area contributed by atoms with Crippen LogP contribution in [0.15, 0.2) is 24.3 Å². The van der Waals surface area contributed by atoms with Gasteiger partial charge in [-0.1, -0.05) is 70.4 Å². The van der Waals surface area contributed by atoms with E-state index < -0.39 is 0 Å². The lowest BCUT2D eigenvalue weighted by molar-refractivity contribution is 0.435. The fourth-order valence-electron chi connectivity index (χ4n) is 2.79. The van der Waals surface area contributed by atoms with Crippen molar-refractivity contribution < 1.29 is 12.0 Å². The summed E-state index contributed by atoms with van der Waals surface area (Å²) in [5.74, 6) is 5.62. The number of hydrazine groups is 1. The van der Waals surface area contributed by atoms with Crippen molar-refractivity contribution >= 4 is 5.71 Å². The summed E-state index contributed by atoms with van der Waals surface area (Å²) in [7, 11) is 0. The quantitative estimate of drug-likeness (QED) is 0.255. The van der Waals surface area contributed by atoms with Gasteiger partial charge >= 0.3 is 0 Å². The summed E-state index contributed by atoms with van der Waals surface area (Å²) in [6, 6.07) is 7.18. The summed E-state index contributed by atoms with van der Waals surface area (Å²) < 4.78 is 0. The molecule has 0 radical (unpaired) electrons. The zero-order valence-corrected chi connectivity index (χ0v) is 16.4. The maximum atomic E-state index is 9.67. The first-order chi connectivity index (χ1) is 12.2. The van der Waals surface area contributed by atoms with Gasteiger partial charge in [0.1, 0.15) is 5.75 Å². The first kappa shape index (κ1) is 24.6. The van der Waals surface area contributed by atoms with Gasteiger partial charge in [-0.25, -0.2) is 0 Å². The molecule has 0 amide bonds. The number of aromatic hydroxyl groups is 1. The molecule has 0 atom stereocenters. The standard InChI is InChI=1S/C13H17NO.C5H14N2.C3H6.H2O.H2/c14-13(10-6-2-1-3-7-10)11-8-4-5-9-12(11)15;1-2-3-4-5-7-6;1-2-3-1;;/h4-5,8-10,14-15H,1-3,6-7H2;7H,2-6H2,1H3;1-3H2;1H2;1H. The van der Waals surface area contributed by atoms with Crippen LogP contribution in [0, 0.1) is 11.3 Å². The minimum atomic E-state index is 0. The average Bonchev–Trinajstić information content (AvgIpc) is 3.53. The molecule has 0 saturated heterocycles. The van der Waals surface area contributed by atoms with E-state index in [1.54, 1.807) is 12.1 Å². The number of phenolic OH excluding ortho intramolecular Hbond substituents is 1. The summed E-state index contributed by atoms with van der Waals surface area (Å²) in [5.41, 5.74) is 3.93. The van der Waals surface area contributed by atoms with Gasteiger partial charge < -0.3 is 16.0 Å². The van der Waals surface area contributed by atoms with Crippen molar-refractivity contribution in [3.8, 4) is 5.75 Å². The molecule has 3 rings (SSSR count).